The highest BCUT2D eigenvalue weighted by Crippen LogP contribution is 2.31. The van der Waals surface area contributed by atoms with Crippen molar-refractivity contribution >= 4 is 40.7 Å². The molecule has 3 aromatic rings. The minimum absolute atomic E-state index is 0.0279. The Bertz CT molecular complexity index is 997. The molecule has 0 N–H and O–H groups in total. The van der Waals surface area contributed by atoms with Gasteiger partial charge in [0.05, 0.1) is 4.92 Å². The number of benzene rings is 1. The van der Waals surface area contributed by atoms with Crippen LogP contribution in [0.3, 0.4) is 0 Å². The summed E-state index contributed by atoms with van der Waals surface area (Å²) in [5, 5.41) is 25.7. The van der Waals surface area contributed by atoms with Crippen LogP contribution in [0.2, 0.25) is 10.0 Å². The maximum Gasteiger partial charge on any atom is 0.312 e. The van der Waals surface area contributed by atoms with Crippen molar-refractivity contribution < 1.29 is 4.92 Å². The molecular formula is C16H16Cl2N6O2S. The van der Waals surface area contributed by atoms with Gasteiger partial charge in [0.25, 0.3) is 0 Å². The maximum atomic E-state index is 11.1. The first kappa shape index (κ1) is 19.7. The van der Waals surface area contributed by atoms with E-state index in [1.54, 1.807) is 36.7 Å². The number of hydrogen-bond donors (Lipinski definition) is 0. The van der Waals surface area contributed by atoms with Gasteiger partial charge in [-0.25, -0.2) is 0 Å². The van der Waals surface area contributed by atoms with Crippen LogP contribution in [0.15, 0.2) is 23.4 Å². The monoisotopic (exact) mass is 426 g/mol. The molecule has 8 nitrogen and oxygen atoms in total. The number of hydrogen-bond acceptors (Lipinski definition) is 6. The van der Waals surface area contributed by atoms with Gasteiger partial charge in [0, 0.05) is 22.8 Å². The number of aryl methyl sites for hydroxylation is 1. The Morgan fingerprint density at radius 3 is 2.48 bits per heavy atom. The zero-order valence-electron chi connectivity index (χ0n) is 14.8. The van der Waals surface area contributed by atoms with Crippen LogP contribution in [0.1, 0.15) is 22.8 Å². The number of thioether (sulfide) groups is 1. The molecule has 27 heavy (non-hydrogen) atoms. The van der Waals surface area contributed by atoms with Gasteiger partial charge in [-0.3, -0.25) is 14.8 Å². The van der Waals surface area contributed by atoms with Crippen LogP contribution in [0, 0.1) is 24.0 Å². The molecule has 3 rings (SSSR count). The summed E-state index contributed by atoms with van der Waals surface area (Å²) in [5.41, 5.74) is 1.73. The van der Waals surface area contributed by atoms with Crippen molar-refractivity contribution in [2.75, 3.05) is 0 Å². The zero-order valence-corrected chi connectivity index (χ0v) is 17.1. The van der Waals surface area contributed by atoms with E-state index in [0.29, 0.717) is 38.2 Å². The Hall–Kier alpha value is -2.10. The number of rotatable bonds is 6. The molecule has 11 heteroatoms. The molecule has 0 aliphatic heterocycles. The predicted molar refractivity (Wildman–Crippen MR) is 104 cm³/mol. The average Bonchev–Trinajstić information content (AvgIpc) is 3.07. The van der Waals surface area contributed by atoms with Crippen LogP contribution in [-0.2, 0) is 19.3 Å². The fraction of sp³-hybridized carbons (Fsp3) is 0.312. The second-order valence-electron chi connectivity index (χ2n) is 5.88. The fourth-order valence-electron chi connectivity index (χ4n) is 2.65. The molecule has 1 aromatic carbocycles. The maximum absolute atomic E-state index is 11.1. The molecule has 0 aliphatic carbocycles. The molecule has 2 aromatic heterocycles. The van der Waals surface area contributed by atoms with Crippen molar-refractivity contribution in [1.82, 2.24) is 24.5 Å². The largest absolute Gasteiger partial charge is 0.312 e. The average molecular weight is 427 g/mol. The lowest BCUT2D eigenvalue weighted by Gasteiger charge is -2.07. The van der Waals surface area contributed by atoms with Gasteiger partial charge in [0.2, 0.25) is 0 Å². The molecular weight excluding hydrogens is 411 g/mol. The lowest BCUT2D eigenvalue weighted by atomic mass is 10.2. The summed E-state index contributed by atoms with van der Waals surface area (Å²) in [5.74, 6) is 1.19. The minimum atomic E-state index is -0.417. The standard InChI is InChI=1S/C16H16Cl2N6O2S/c1-9-15(24(25)26)10(2)23(21-9)7-14-19-20-16(22(14)3)27-8-11-12(17)5-4-6-13(11)18/h4-6H,7-8H2,1-3H3. The van der Waals surface area contributed by atoms with Gasteiger partial charge >= 0.3 is 5.69 Å². The predicted octanol–water partition coefficient (Wildman–Crippen LogP) is 4.18. The molecule has 0 bridgehead atoms. The molecule has 142 valence electrons. The first-order chi connectivity index (χ1) is 12.8. The van der Waals surface area contributed by atoms with Gasteiger partial charge in [-0.15, -0.1) is 10.2 Å². The Morgan fingerprint density at radius 2 is 1.89 bits per heavy atom. The molecule has 2 heterocycles. The fourth-order valence-corrected chi connectivity index (χ4v) is 4.33. The molecule has 0 atom stereocenters. The third-order valence-corrected chi connectivity index (χ3v) is 5.90. The molecule has 0 fully saturated rings. The second-order valence-corrected chi connectivity index (χ2v) is 7.64. The van der Waals surface area contributed by atoms with E-state index in [1.165, 1.54) is 11.8 Å². The highest BCUT2D eigenvalue weighted by atomic mass is 35.5. The van der Waals surface area contributed by atoms with Crippen LogP contribution >= 0.6 is 35.0 Å². The van der Waals surface area contributed by atoms with E-state index in [1.807, 2.05) is 11.6 Å². The molecule has 0 unspecified atom stereocenters. The van der Waals surface area contributed by atoms with Crippen LogP contribution < -0.4 is 0 Å². The van der Waals surface area contributed by atoms with E-state index < -0.39 is 4.92 Å². The zero-order chi connectivity index (χ0) is 19.7. The van der Waals surface area contributed by atoms with E-state index in [-0.39, 0.29) is 12.2 Å². The lowest BCUT2D eigenvalue weighted by molar-refractivity contribution is -0.386. The van der Waals surface area contributed by atoms with Crippen LogP contribution in [0.5, 0.6) is 0 Å². The topological polar surface area (TPSA) is 91.7 Å². The first-order valence-electron chi connectivity index (χ1n) is 7.92. The van der Waals surface area contributed by atoms with Crippen LogP contribution in [0.25, 0.3) is 0 Å². The van der Waals surface area contributed by atoms with Crippen LogP contribution in [0.4, 0.5) is 5.69 Å². The Morgan fingerprint density at radius 1 is 1.22 bits per heavy atom. The highest BCUT2D eigenvalue weighted by Gasteiger charge is 2.23. The summed E-state index contributed by atoms with van der Waals surface area (Å²) >= 11 is 13.9. The first-order valence-corrected chi connectivity index (χ1v) is 9.66. The minimum Gasteiger partial charge on any atom is -0.308 e. The summed E-state index contributed by atoms with van der Waals surface area (Å²) in [6.45, 7) is 3.58. The number of nitro groups is 1. The van der Waals surface area contributed by atoms with E-state index in [2.05, 4.69) is 15.3 Å². The Kier molecular flexibility index (Phi) is 5.73. The number of halogens is 2. The lowest BCUT2D eigenvalue weighted by Crippen LogP contribution is -2.09. The van der Waals surface area contributed by atoms with Crippen LogP contribution in [-0.4, -0.2) is 29.5 Å². The molecule has 0 aliphatic rings. The van der Waals surface area contributed by atoms with Crippen molar-refractivity contribution in [3.8, 4) is 0 Å². The van der Waals surface area contributed by atoms with Crippen molar-refractivity contribution in [2.45, 2.75) is 31.3 Å². The molecule has 0 saturated heterocycles. The Balaban J connectivity index is 1.78. The molecule has 0 radical (unpaired) electrons. The van der Waals surface area contributed by atoms with Gasteiger partial charge in [-0.1, -0.05) is 41.0 Å². The molecule has 0 amide bonds. The van der Waals surface area contributed by atoms with Gasteiger partial charge in [-0.2, -0.15) is 5.10 Å². The third-order valence-electron chi connectivity index (χ3n) is 4.15. The summed E-state index contributed by atoms with van der Waals surface area (Å²) < 4.78 is 3.40. The van der Waals surface area contributed by atoms with Gasteiger partial charge in [-0.05, 0) is 31.5 Å². The third kappa shape index (κ3) is 3.95. The summed E-state index contributed by atoms with van der Waals surface area (Å²) in [6, 6.07) is 5.38. The smallest absolute Gasteiger partial charge is 0.308 e. The van der Waals surface area contributed by atoms with Crippen molar-refractivity contribution in [2.24, 2.45) is 7.05 Å². The highest BCUT2D eigenvalue weighted by molar-refractivity contribution is 7.98. The van der Waals surface area contributed by atoms with Gasteiger partial charge in [0.1, 0.15) is 17.9 Å². The quantitative estimate of drug-likeness (QED) is 0.333. The number of aromatic nitrogens is 5. The summed E-state index contributed by atoms with van der Waals surface area (Å²) in [4.78, 5) is 10.7. The summed E-state index contributed by atoms with van der Waals surface area (Å²) in [7, 11) is 1.84. The van der Waals surface area contributed by atoms with E-state index in [9.17, 15) is 10.1 Å². The van der Waals surface area contributed by atoms with E-state index in [4.69, 9.17) is 23.2 Å². The van der Waals surface area contributed by atoms with Gasteiger partial charge < -0.3 is 4.57 Å². The van der Waals surface area contributed by atoms with E-state index in [0.717, 1.165) is 5.56 Å². The molecule has 0 spiro atoms. The van der Waals surface area contributed by atoms with Crippen molar-refractivity contribution in [3.63, 3.8) is 0 Å². The Labute approximate surface area is 169 Å². The normalized spacial score (nSPS) is 11.1. The molecule has 0 saturated carbocycles. The van der Waals surface area contributed by atoms with Gasteiger partial charge in [0.15, 0.2) is 11.0 Å². The van der Waals surface area contributed by atoms with E-state index >= 15 is 0 Å². The van der Waals surface area contributed by atoms with Crippen molar-refractivity contribution in [1.29, 1.82) is 0 Å². The SMILES string of the molecule is Cc1nn(Cc2nnc(SCc3c(Cl)cccc3Cl)n2C)c(C)c1[N+](=O)[O-]. The number of nitrogens with zero attached hydrogens (tertiary/aromatic N) is 6. The second kappa shape index (κ2) is 7.87. The summed E-state index contributed by atoms with van der Waals surface area (Å²) in [6.07, 6.45) is 0. The van der Waals surface area contributed by atoms with Crippen molar-refractivity contribution in [3.05, 3.63) is 61.1 Å².